The van der Waals surface area contributed by atoms with Gasteiger partial charge in [-0.1, -0.05) is 6.07 Å². The fourth-order valence-electron chi connectivity index (χ4n) is 3.24. The zero-order chi connectivity index (χ0) is 19.1. The summed E-state index contributed by atoms with van der Waals surface area (Å²) in [4.78, 5) is 19.0. The molecule has 140 valence electrons. The fourth-order valence-corrected chi connectivity index (χ4v) is 3.24. The number of rotatable bonds is 1. The zero-order valence-electron chi connectivity index (χ0n) is 16.4. The van der Waals surface area contributed by atoms with Gasteiger partial charge in [0.2, 0.25) is 0 Å². The zero-order valence-corrected chi connectivity index (χ0v) is 16.4. The molecule has 7 nitrogen and oxygen atoms in total. The van der Waals surface area contributed by atoms with Crippen molar-refractivity contribution in [1.29, 1.82) is 0 Å². The van der Waals surface area contributed by atoms with Crippen LogP contribution < -0.4 is 0 Å². The maximum absolute atomic E-state index is 12.7. The van der Waals surface area contributed by atoms with Crippen LogP contribution in [0.5, 0.6) is 0 Å². The first-order valence-electron chi connectivity index (χ1n) is 8.93. The van der Waals surface area contributed by atoms with Crippen molar-refractivity contribution >= 4 is 6.09 Å². The highest BCUT2D eigenvalue weighted by Crippen LogP contribution is 2.28. The first kappa shape index (κ1) is 18.4. The molecule has 0 aromatic carbocycles. The molecule has 0 saturated heterocycles. The van der Waals surface area contributed by atoms with E-state index in [2.05, 4.69) is 19.7 Å². The molecule has 1 aliphatic heterocycles. The highest BCUT2D eigenvalue weighted by Gasteiger charge is 2.38. The Morgan fingerprint density at radius 3 is 2.62 bits per heavy atom. The van der Waals surface area contributed by atoms with Crippen LogP contribution in [0.25, 0.3) is 11.5 Å². The summed E-state index contributed by atoms with van der Waals surface area (Å²) in [7, 11) is 0. The Balaban J connectivity index is 1.93. The predicted octanol–water partition coefficient (Wildman–Crippen LogP) is 3.22. The Kier molecular flexibility index (Phi) is 4.50. The number of hydrogen-bond acceptors (Lipinski definition) is 5. The maximum Gasteiger partial charge on any atom is 0.410 e. The summed E-state index contributed by atoms with van der Waals surface area (Å²) >= 11 is 0. The summed E-state index contributed by atoms with van der Waals surface area (Å²) in [5.41, 5.74) is 0.940. The van der Waals surface area contributed by atoms with Crippen LogP contribution >= 0.6 is 0 Å². The van der Waals surface area contributed by atoms with Gasteiger partial charge in [-0.05, 0) is 53.2 Å². The molecule has 26 heavy (non-hydrogen) atoms. The molecule has 3 rings (SSSR count). The molecule has 0 bridgehead atoms. The van der Waals surface area contributed by atoms with Crippen molar-refractivity contribution in [2.24, 2.45) is 0 Å². The van der Waals surface area contributed by atoms with Crippen molar-refractivity contribution in [3.8, 4) is 11.5 Å². The number of fused-ring (bicyclic) bond motifs is 1. The van der Waals surface area contributed by atoms with Gasteiger partial charge in [-0.3, -0.25) is 4.98 Å². The number of nitrogens with zero attached hydrogens (tertiary/aromatic N) is 5. The molecular formula is C19H27N5O2. The molecule has 0 aliphatic carbocycles. The Labute approximate surface area is 154 Å². The molecule has 3 heterocycles. The molecule has 1 amide bonds. The number of hydrogen-bond donors (Lipinski definition) is 0. The van der Waals surface area contributed by atoms with Crippen molar-refractivity contribution in [1.82, 2.24) is 24.6 Å². The number of aromatic nitrogens is 4. The third-order valence-corrected chi connectivity index (χ3v) is 4.53. The van der Waals surface area contributed by atoms with Gasteiger partial charge in [0.1, 0.15) is 17.1 Å². The van der Waals surface area contributed by atoms with E-state index in [1.165, 1.54) is 0 Å². The minimum absolute atomic E-state index is 0.295. The van der Waals surface area contributed by atoms with E-state index < -0.39 is 11.1 Å². The van der Waals surface area contributed by atoms with E-state index in [0.29, 0.717) is 19.5 Å². The van der Waals surface area contributed by atoms with E-state index in [1.807, 2.05) is 53.7 Å². The van der Waals surface area contributed by atoms with Gasteiger partial charge in [-0.15, -0.1) is 10.2 Å². The van der Waals surface area contributed by atoms with Gasteiger partial charge in [0.15, 0.2) is 5.82 Å². The van der Waals surface area contributed by atoms with E-state index >= 15 is 0 Å². The molecule has 0 unspecified atom stereocenters. The van der Waals surface area contributed by atoms with Gasteiger partial charge >= 0.3 is 6.09 Å². The molecule has 2 aromatic rings. The normalized spacial score (nSPS) is 16.8. The number of ether oxygens (including phenoxy) is 1. The van der Waals surface area contributed by atoms with Crippen LogP contribution in [-0.4, -0.2) is 48.4 Å². The Morgan fingerprint density at radius 1 is 1.23 bits per heavy atom. The van der Waals surface area contributed by atoms with Crippen molar-refractivity contribution in [3.05, 3.63) is 29.7 Å². The van der Waals surface area contributed by atoms with Crippen molar-refractivity contribution in [2.45, 2.75) is 65.6 Å². The average Bonchev–Trinajstić information content (AvgIpc) is 2.81. The summed E-state index contributed by atoms with van der Waals surface area (Å²) in [6, 6.07) is 3.92. The largest absolute Gasteiger partial charge is 0.444 e. The average molecular weight is 357 g/mol. The van der Waals surface area contributed by atoms with Crippen LogP contribution in [0.15, 0.2) is 18.3 Å². The van der Waals surface area contributed by atoms with E-state index in [0.717, 1.165) is 22.9 Å². The molecule has 7 heteroatoms. The summed E-state index contributed by atoms with van der Waals surface area (Å²) < 4.78 is 7.68. The van der Waals surface area contributed by atoms with Crippen LogP contribution in [0.1, 0.15) is 46.0 Å². The lowest BCUT2D eigenvalue weighted by Gasteiger charge is -2.37. The van der Waals surface area contributed by atoms with Gasteiger partial charge in [0, 0.05) is 31.2 Å². The molecule has 0 N–H and O–H groups in total. The predicted molar refractivity (Wildman–Crippen MR) is 98.7 cm³/mol. The Hall–Kier alpha value is -2.44. The summed E-state index contributed by atoms with van der Waals surface area (Å²) in [5, 5.41) is 8.77. The molecule has 0 atom stereocenters. The number of aryl methyl sites for hydroxylation is 1. The van der Waals surface area contributed by atoms with Gasteiger partial charge in [-0.25, -0.2) is 4.79 Å². The van der Waals surface area contributed by atoms with Gasteiger partial charge in [0.05, 0.1) is 0 Å². The number of pyridine rings is 1. The third kappa shape index (κ3) is 3.57. The quantitative estimate of drug-likeness (QED) is 0.783. The van der Waals surface area contributed by atoms with Gasteiger partial charge in [-0.2, -0.15) is 0 Å². The number of amides is 1. The summed E-state index contributed by atoms with van der Waals surface area (Å²) in [6.07, 6.45) is 2.07. The van der Waals surface area contributed by atoms with Crippen molar-refractivity contribution < 1.29 is 9.53 Å². The standard InChI is InChI=1S/C19H27N5O2/c1-13-8-7-9-20-15(13)16-22-21-14-12-19(5,6)24(11-10-23(14)16)17(25)26-18(2,3)4/h7-9H,10-12H2,1-6H3. The molecule has 0 saturated carbocycles. The van der Waals surface area contributed by atoms with Gasteiger partial charge < -0.3 is 14.2 Å². The van der Waals surface area contributed by atoms with E-state index in [9.17, 15) is 4.79 Å². The SMILES string of the molecule is Cc1cccnc1-c1nnc2n1CCN(C(=O)OC(C)(C)C)C(C)(C)C2. The smallest absolute Gasteiger partial charge is 0.410 e. The third-order valence-electron chi connectivity index (χ3n) is 4.53. The number of carbonyl (C=O) groups excluding carboxylic acids is 1. The molecule has 0 spiro atoms. The first-order chi connectivity index (χ1) is 12.1. The molecule has 0 radical (unpaired) electrons. The minimum Gasteiger partial charge on any atom is -0.444 e. The molecule has 0 fully saturated rings. The topological polar surface area (TPSA) is 73.1 Å². The fraction of sp³-hybridized carbons (Fsp3) is 0.579. The first-order valence-corrected chi connectivity index (χ1v) is 8.93. The Bertz CT molecular complexity index is 820. The van der Waals surface area contributed by atoms with Crippen molar-refractivity contribution in [3.63, 3.8) is 0 Å². The molecular weight excluding hydrogens is 330 g/mol. The number of carbonyl (C=O) groups is 1. The second-order valence-corrected chi connectivity index (χ2v) is 8.38. The maximum atomic E-state index is 12.7. The second kappa shape index (κ2) is 6.37. The lowest BCUT2D eigenvalue weighted by atomic mass is 9.98. The summed E-state index contributed by atoms with van der Waals surface area (Å²) in [6.45, 7) is 12.9. The summed E-state index contributed by atoms with van der Waals surface area (Å²) in [5.74, 6) is 1.61. The van der Waals surface area contributed by atoms with Crippen LogP contribution in [-0.2, 0) is 17.7 Å². The lowest BCUT2D eigenvalue weighted by molar-refractivity contribution is 0.00409. The highest BCUT2D eigenvalue weighted by molar-refractivity contribution is 5.69. The van der Waals surface area contributed by atoms with Crippen LogP contribution in [0.3, 0.4) is 0 Å². The van der Waals surface area contributed by atoms with Crippen LogP contribution in [0.4, 0.5) is 4.79 Å². The molecule has 1 aliphatic rings. The monoisotopic (exact) mass is 357 g/mol. The second-order valence-electron chi connectivity index (χ2n) is 8.38. The van der Waals surface area contributed by atoms with Gasteiger partial charge in [0.25, 0.3) is 0 Å². The lowest BCUT2D eigenvalue weighted by Crippen LogP contribution is -2.50. The van der Waals surface area contributed by atoms with E-state index in [-0.39, 0.29) is 6.09 Å². The minimum atomic E-state index is -0.523. The van der Waals surface area contributed by atoms with Crippen molar-refractivity contribution in [2.75, 3.05) is 6.54 Å². The Morgan fingerprint density at radius 2 is 1.96 bits per heavy atom. The van der Waals surface area contributed by atoms with Crippen LogP contribution in [0, 0.1) is 6.92 Å². The van der Waals surface area contributed by atoms with Crippen LogP contribution in [0.2, 0.25) is 0 Å². The molecule has 2 aromatic heterocycles. The van der Waals surface area contributed by atoms with E-state index in [1.54, 1.807) is 11.1 Å². The highest BCUT2D eigenvalue weighted by atomic mass is 16.6. The van der Waals surface area contributed by atoms with E-state index in [4.69, 9.17) is 4.74 Å².